The van der Waals surface area contributed by atoms with Gasteiger partial charge in [-0.15, -0.1) is 0 Å². The van der Waals surface area contributed by atoms with Gasteiger partial charge < -0.3 is 14.2 Å². The number of amides is 2. The quantitative estimate of drug-likeness (QED) is 0.608. The molecule has 0 spiro atoms. The van der Waals surface area contributed by atoms with Gasteiger partial charge in [0.1, 0.15) is 18.1 Å². The average Bonchev–Trinajstić information content (AvgIpc) is 3.08. The molecular weight excluding hydrogens is 406 g/mol. The van der Waals surface area contributed by atoms with Gasteiger partial charge in [0.2, 0.25) is 5.91 Å². The van der Waals surface area contributed by atoms with Gasteiger partial charge in [-0.25, -0.2) is 0 Å². The molecule has 158 valence electrons. The Morgan fingerprint density at radius 2 is 1.90 bits per heavy atom. The highest BCUT2D eigenvalue weighted by molar-refractivity contribution is 8.15. The van der Waals surface area contributed by atoms with Gasteiger partial charge in [0.05, 0.1) is 12.4 Å². The lowest BCUT2D eigenvalue weighted by Crippen LogP contribution is -2.25. The number of ether oxygens (including phenoxy) is 3. The predicted octanol–water partition coefficient (Wildman–Crippen LogP) is 3.66. The van der Waals surface area contributed by atoms with Gasteiger partial charge >= 0.3 is 5.97 Å². The van der Waals surface area contributed by atoms with Crippen molar-refractivity contribution in [1.82, 2.24) is 5.32 Å². The molecule has 2 aromatic carbocycles. The Hall–Kier alpha value is -3.00. The molecule has 1 heterocycles. The first-order valence-corrected chi connectivity index (χ1v) is 10.4. The fourth-order valence-electron chi connectivity index (χ4n) is 2.92. The van der Waals surface area contributed by atoms with Gasteiger partial charge in [0.15, 0.2) is 6.10 Å². The van der Waals surface area contributed by atoms with Gasteiger partial charge in [0, 0.05) is 6.42 Å². The molecule has 0 aliphatic carbocycles. The number of rotatable bonds is 9. The fourth-order valence-corrected chi connectivity index (χ4v) is 3.78. The van der Waals surface area contributed by atoms with Crippen LogP contribution in [0.4, 0.5) is 4.79 Å². The topological polar surface area (TPSA) is 90.9 Å². The number of methoxy groups -OCH3 is 1. The van der Waals surface area contributed by atoms with E-state index in [2.05, 4.69) is 5.32 Å². The second-order valence-electron chi connectivity index (χ2n) is 6.65. The second kappa shape index (κ2) is 10.2. The molecule has 0 radical (unpaired) electrons. The third-order valence-electron chi connectivity index (χ3n) is 4.54. The van der Waals surface area contributed by atoms with E-state index in [-0.39, 0.29) is 30.1 Å². The van der Waals surface area contributed by atoms with Crippen LogP contribution in [0.3, 0.4) is 0 Å². The van der Waals surface area contributed by atoms with E-state index >= 15 is 0 Å². The summed E-state index contributed by atoms with van der Waals surface area (Å²) in [5, 5.41) is 1.57. The first kappa shape index (κ1) is 21.7. The van der Waals surface area contributed by atoms with E-state index in [0.29, 0.717) is 17.9 Å². The Kier molecular flexibility index (Phi) is 7.35. The maximum atomic E-state index is 11.9. The van der Waals surface area contributed by atoms with Crippen LogP contribution in [0.1, 0.15) is 30.6 Å². The van der Waals surface area contributed by atoms with Crippen molar-refractivity contribution in [1.29, 1.82) is 0 Å². The van der Waals surface area contributed by atoms with Crippen LogP contribution in [0.15, 0.2) is 48.5 Å². The Bertz CT molecular complexity index is 914. The van der Waals surface area contributed by atoms with Gasteiger partial charge in [-0.3, -0.25) is 19.7 Å². The Morgan fingerprint density at radius 1 is 1.13 bits per heavy atom. The molecule has 7 nitrogen and oxygen atoms in total. The summed E-state index contributed by atoms with van der Waals surface area (Å²) in [6.45, 7) is 1.88. The monoisotopic (exact) mass is 429 g/mol. The maximum Gasteiger partial charge on any atom is 0.306 e. The highest BCUT2D eigenvalue weighted by atomic mass is 32.2. The smallest absolute Gasteiger partial charge is 0.306 e. The number of thioether (sulfide) groups is 1. The van der Waals surface area contributed by atoms with E-state index in [1.165, 1.54) is 0 Å². The molecule has 30 heavy (non-hydrogen) atoms. The largest absolute Gasteiger partial charge is 0.497 e. The standard InChI is InChI=1S/C22H23NO6S/c1-3-20(24)29-18(15-5-4-6-17(12-15)27-2)13-28-16-9-7-14(8-10-16)11-19-21(25)23-22(26)30-19/h4-10,12,18-19H,3,11,13H2,1-2H3,(H,23,25,26). The molecule has 1 N–H and O–H groups in total. The summed E-state index contributed by atoms with van der Waals surface area (Å²) in [5.74, 6) is 0.702. The average molecular weight is 429 g/mol. The molecule has 1 fully saturated rings. The summed E-state index contributed by atoms with van der Waals surface area (Å²) >= 11 is 1.01. The summed E-state index contributed by atoms with van der Waals surface area (Å²) in [5.41, 5.74) is 1.70. The minimum Gasteiger partial charge on any atom is -0.497 e. The first-order chi connectivity index (χ1) is 14.5. The molecule has 1 saturated heterocycles. The number of esters is 1. The Balaban J connectivity index is 1.63. The minimum absolute atomic E-state index is 0.146. The molecule has 8 heteroatoms. The lowest BCUT2D eigenvalue weighted by atomic mass is 10.1. The van der Waals surface area contributed by atoms with Crippen LogP contribution in [-0.2, 0) is 20.7 Å². The maximum absolute atomic E-state index is 11.9. The van der Waals surface area contributed by atoms with E-state index in [1.54, 1.807) is 26.2 Å². The van der Waals surface area contributed by atoms with E-state index < -0.39 is 11.4 Å². The highest BCUT2D eigenvalue weighted by Crippen LogP contribution is 2.26. The van der Waals surface area contributed by atoms with Crippen molar-refractivity contribution in [3.05, 3.63) is 59.7 Å². The first-order valence-electron chi connectivity index (χ1n) is 9.55. The lowest BCUT2D eigenvalue weighted by Gasteiger charge is -2.19. The molecule has 1 aliphatic rings. The van der Waals surface area contributed by atoms with Crippen LogP contribution in [0.2, 0.25) is 0 Å². The summed E-state index contributed by atoms with van der Waals surface area (Å²) in [6, 6.07) is 14.6. The van der Waals surface area contributed by atoms with Crippen molar-refractivity contribution in [2.24, 2.45) is 0 Å². The number of hydrogen-bond acceptors (Lipinski definition) is 7. The van der Waals surface area contributed by atoms with E-state index in [4.69, 9.17) is 14.2 Å². The normalized spacial score (nSPS) is 16.7. The van der Waals surface area contributed by atoms with Crippen molar-refractivity contribution in [2.75, 3.05) is 13.7 Å². The van der Waals surface area contributed by atoms with E-state index in [0.717, 1.165) is 22.9 Å². The number of carbonyl (C=O) groups excluding carboxylic acids is 3. The molecule has 0 bridgehead atoms. The van der Waals surface area contributed by atoms with E-state index in [9.17, 15) is 14.4 Å². The summed E-state index contributed by atoms with van der Waals surface area (Å²) in [7, 11) is 1.58. The number of carbonyl (C=O) groups is 3. The van der Waals surface area contributed by atoms with Crippen molar-refractivity contribution in [3.8, 4) is 11.5 Å². The zero-order chi connectivity index (χ0) is 21.5. The van der Waals surface area contributed by atoms with Crippen LogP contribution in [0, 0.1) is 0 Å². The summed E-state index contributed by atoms with van der Waals surface area (Å²) < 4.78 is 16.6. The summed E-state index contributed by atoms with van der Waals surface area (Å²) in [6.07, 6.45) is 0.157. The van der Waals surface area contributed by atoms with Crippen LogP contribution in [-0.4, -0.2) is 36.1 Å². The third-order valence-corrected chi connectivity index (χ3v) is 5.52. The Morgan fingerprint density at radius 3 is 2.53 bits per heavy atom. The SMILES string of the molecule is CCC(=O)OC(COc1ccc(CC2SC(=O)NC2=O)cc1)c1cccc(OC)c1. The fraction of sp³-hybridized carbons (Fsp3) is 0.318. The minimum atomic E-state index is -0.572. The number of hydrogen-bond donors (Lipinski definition) is 1. The van der Waals surface area contributed by atoms with Crippen LogP contribution in [0.25, 0.3) is 0 Å². The zero-order valence-corrected chi connectivity index (χ0v) is 17.6. The molecule has 1 aliphatic heterocycles. The molecule has 0 saturated carbocycles. The zero-order valence-electron chi connectivity index (χ0n) is 16.8. The number of imide groups is 1. The van der Waals surface area contributed by atoms with Crippen molar-refractivity contribution in [2.45, 2.75) is 31.1 Å². The van der Waals surface area contributed by atoms with Gasteiger partial charge in [-0.1, -0.05) is 43.0 Å². The van der Waals surface area contributed by atoms with Crippen molar-refractivity contribution < 1.29 is 28.6 Å². The third kappa shape index (κ3) is 5.76. The van der Waals surface area contributed by atoms with Gasteiger partial charge in [0.25, 0.3) is 5.24 Å². The van der Waals surface area contributed by atoms with Gasteiger partial charge in [-0.2, -0.15) is 0 Å². The number of nitrogens with one attached hydrogen (secondary N) is 1. The lowest BCUT2D eigenvalue weighted by molar-refractivity contribution is -0.150. The molecule has 2 atom stereocenters. The van der Waals surface area contributed by atoms with Crippen LogP contribution < -0.4 is 14.8 Å². The molecule has 3 rings (SSSR count). The van der Waals surface area contributed by atoms with E-state index in [1.807, 2.05) is 36.4 Å². The molecule has 0 aromatic heterocycles. The second-order valence-corrected chi connectivity index (χ2v) is 7.83. The van der Waals surface area contributed by atoms with Crippen LogP contribution in [0.5, 0.6) is 11.5 Å². The molecule has 2 amide bonds. The predicted molar refractivity (Wildman–Crippen MR) is 113 cm³/mol. The molecule has 2 unspecified atom stereocenters. The van der Waals surface area contributed by atoms with Gasteiger partial charge in [-0.05, 0) is 41.8 Å². The van der Waals surface area contributed by atoms with Crippen molar-refractivity contribution >= 4 is 28.9 Å². The molecular formula is C22H23NO6S. The Labute approximate surface area is 179 Å². The molecule has 2 aromatic rings. The summed E-state index contributed by atoms with van der Waals surface area (Å²) in [4.78, 5) is 34.8. The van der Waals surface area contributed by atoms with Crippen molar-refractivity contribution in [3.63, 3.8) is 0 Å². The van der Waals surface area contributed by atoms with Crippen LogP contribution >= 0.6 is 11.8 Å². The highest BCUT2D eigenvalue weighted by Gasteiger charge is 2.31. The number of benzene rings is 2.